The number of likely N-dealkylation sites (tertiary alicyclic amines) is 1. The Morgan fingerprint density at radius 2 is 2.04 bits per heavy atom. The molecule has 2 aliphatic heterocycles. The molecule has 0 spiro atoms. The Kier molecular flexibility index (Phi) is 5.04. The summed E-state index contributed by atoms with van der Waals surface area (Å²) < 4.78 is 5.52. The minimum absolute atomic E-state index is 0.0357. The lowest BCUT2D eigenvalue weighted by molar-refractivity contribution is -0.122. The van der Waals surface area contributed by atoms with Gasteiger partial charge in [0.15, 0.2) is 6.10 Å². The summed E-state index contributed by atoms with van der Waals surface area (Å²) in [6.45, 7) is 2.82. The number of hydrogen-bond acceptors (Lipinski definition) is 5. The third kappa shape index (κ3) is 3.73. The number of nitrogens with one attached hydrogen (secondary N) is 2. The topological polar surface area (TPSA) is 87.7 Å². The Bertz CT molecular complexity index is 904. The molecule has 0 bridgehead atoms. The fourth-order valence-electron chi connectivity index (χ4n) is 3.43. The van der Waals surface area contributed by atoms with Gasteiger partial charge in [0.05, 0.1) is 10.6 Å². The van der Waals surface area contributed by atoms with Crippen LogP contribution < -0.4 is 15.4 Å². The number of ether oxygens (including phenoxy) is 1. The number of benzene rings is 1. The summed E-state index contributed by atoms with van der Waals surface area (Å²) in [6, 6.07) is 8.89. The van der Waals surface area contributed by atoms with E-state index in [4.69, 9.17) is 4.74 Å². The van der Waals surface area contributed by atoms with Gasteiger partial charge in [-0.05, 0) is 49.4 Å². The summed E-state index contributed by atoms with van der Waals surface area (Å²) >= 11 is 1.43. The molecule has 1 atom stereocenters. The largest absolute Gasteiger partial charge is 0.479 e. The lowest BCUT2D eigenvalue weighted by Gasteiger charge is -2.31. The van der Waals surface area contributed by atoms with E-state index in [1.54, 1.807) is 25.1 Å². The molecular formula is C20H21N3O4S. The Morgan fingerprint density at radius 3 is 2.75 bits per heavy atom. The fraction of sp³-hybridized carbons (Fsp3) is 0.350. The molecule has 0 saturated carbocycles. The molecule has 3 heterocycles. The van der Waals surface area contributed by atoms with Crippen LogP contribution in [0, 0.1) is 5.92 Å². The quantitative estimate of drug-likeness (QED) is 0.831. The van der Waals surface area contributed by atoms with E-state index in [1.807, 2.05) is 22.4 Å². The van der Waals surface area contributed by atoms with Gasteiger partial charge in [-0.25, -0.2) is 0 Å². The van der Waals surface area contributed by atoms with Crippen LogP contribution in [0.3, 0.4) is 0 Å². The van der Waals surface area contributed by atoms with Crippen LogP contribution in [0.25, 0.3) is 0 Å². The maximum Gasteiger partial charge on any atom is 0.265 e. The van der Waals surface area contributed by atoms with Gasteiger partial charge in [0.25, 0.3) is 11.8 Å². The highest BCUT2D eigenvalue weighted by Gasteiger charge is 2.29. The van der Waals surface area contributed by atoms with Crippen molar-refractivity contribution in [3.63, 3.8) is 0 Å². The van der Waals surface area contributed by atoms with Crippen molar-refractivity contribution in [3.8, 4) is 5.75 Å². The minimum atomic E-state index is -0.532. The molecule has 3 amide bonds. The molecule has 0 radical (unpaired) electrons. The van der Waals surface area contributed by atoms with E-state index < -0.39 is 6.10 Å². The SMILES string of the molecule is CC1Oc2ccc(NC(=O)C3CCN(C(=O)c4cccs4)CC3)cc2NC1=O. The molecule has 0 aliphatic carbocycles. The van der Waals surface area contributed by atoms with Gasteiger partial charge in [-0.15, -0.1) is 11.3 Å². The van der Waals surface area contributed by atoms with Crippen molar-refractivity contribution in [1.29, 1.82) is 0 Å². The average Bonchev–Trinajstić information content (AvgIpc) is 3.23. The molecule has 7 nitrogen and oxygen atoms in total. The van der Waals surface area contributed by atoms with Gasteiger partial charge in [-0.2, -0.15) is 0 Å². The van der Waals surface area contributed by atoms with E-state index in [-0.39, 0.29) is 23.6 Å². The Balaban J connectivity index is 1.34. The molecule has 4 rings (SSSR count). The smallest absolute Gasteiger partial charge is 0.265 e. The van der Waals surface area contributed by atoms with Crippen molar-refractivity contribution in [2.45, 2.75) is 25.9 Å². The van der Waals surface area contributed by atoms with E-state index in [1.165, 1.54) is 11.3 Å². The van der Waals surface area contributed by atoms with Crippen molar-refractivity contribution in [2.75, 3.05) is 23.7 Å². The van der Waals surface area contributed by atoms with E-state index >= 15 is 0 Å². The predicted octanol–water partition coefficient (Wildman–Crippen LogP) is 2.96. The number of carbonyl (C=O) groups excluding carboxylic acids is 3. The predicted molar refractivity (Wildman–Crippen MR) is 107 cm³/mol. The molecule has 1 fully saturated rings. The number of nitrogens with zero attached hydrogens (tertiary/aromatic N) is 1. The highest BCUT2D eigenvalue weighted by molar-refractivity contribution is 7.12. The third-order valence-electron chi connectivity index (χ3n) is 5.06. The van der Waals surface area contributed by atoms with Crippen LogP contribution in [-0.2, 0) is 9.59 Å². The number of piperidine rings is 1. The van der Waals surface area contributed by atoms with Gasteiger partial charge in [-0.3, -0.25) is 14.4 Å². The monoisotopic (exact) mass is 399 g/mol. The molecule has 1 saturated heterocycles. The number of amides is 3. The van der Waals surface area contributed by atoms with Crippen LogP contribution in [0.2, 0.25) is 0 Å². The minimum Gasteiger partial charge on any atom is -0.479 e. The average molecular weight is 399 g/mol. The van der Waals surface area contributed by atoms with Crippen LogP contribution >= 0.6 is 11.3 Å². The number of fused-ring (bicyclic) bond motifs is 1. The molecule has 146 valence electrons. The molecule has 1 aromatic heterocycles. The molecule has 2 aromatic rings. The van der Waals surface area contributed by atoms with Crippen molar-refractivity contribution >= 4 is 40.4 Å². The summed E-state index contributed by atoms with van der Waals surface area (Å²) in [5.41, 5.74) is 1.16. The second-order valence-electron chi connectivity index (χ2n) is 6.99. The van der Waals surface area contributed by atoms with Crippen LogP contribution in [0.5, 0.6) is 5.75 Å². The number of carbonyl (C=O) groups is 3. The maximum atomic E-state index is 12.6. The van der Waals surface area contributed by atoms with Crippen LogP contribution in [0.4, 0.5) is 11.4 Å². The van der Waals surface area contributed by atoms with Gasteiger partial charge in [0.2, 0.25) is 5.91 Å². The van der Waals surface area contributed by atoms with Crippen LogP contribution in [-0.4, -0.2) is 41.8 Å². The summed E-state index contributed by atoms with van der Waals surface area (Å²) in [7, 11) is 0. The maximum absolute atomic E-state index is 12.6. The zero-order chi connectivity index (χ0) is 19.7. The Labute approximate surface area is 166 Å². The number of rotatable bonds is 3. The van der Waals surface area contributed by atoms with Crippen molar-refractivity contribution in [1.82, 2.24) is 4.90 Å². The van der Waals surface area contributed by atoms with Crippen LogP contribution in [0.1, 0.15) is 29.4 Å². The number of thiophene rings is 1. The van der Waals surface area contributed by atoms with E-state index in [2.05, 4.69) is 10.6 Å². The first-order chi connectivity index (χ1) is 13.5. The summed E-state index contributed by atoms with van der Waals surface area (Å²) in [6.07, 6.45) is 0.728. The van der Waals surface area contributed by atoms with Crippen molar-refractivity contribution in [3.05, 3.63) is 40.6 Å². The standard InChI is InChI=1S/C20H21N3O4S/c1-12-18(24)22-15-11-14(4-5-16(15)27-12)21-19(25)13-6-8-23(9-7-13)20(26)17-3-2-10-28-17/h2-5,10-13H,6-9H2,1H3,(H,21,25)(H,22,24). The van der Waals surface area contributed by atoms with Gasteiger partial charge >= 0.3 is 0 Å². The second kappa shape index (κ2) is 7.63. The van der Waals surface area contributed by atoms with Gasteiger partial charge in [0.1, 0.15) is 5.75 Å². The van der Waals surface area contributed by atoms with Crippen LogP contribution in [0.15, 0.2) is 35.7 Å². The van der Waals surface area contributed by atoms with E-state index in [0.29, 0.717) is 43.1 Å². The van der Waals surface area contributed by atoms with Gasteiger partial charge in [-0.1, -0.05) is 6.07 Å². The first-order valence-electron chi connectivity index (χ1n) is 9.26. The zero-order valence-electron chi connectivity index (χ0n) is 15.4. The lowest BCUT2D eigenvalue weighted by atomic mass is 9.95. The summed E-state index contributed by atoms with van der Waals surface area (Å²) in [5, 5.41) is 7.58. The van der Waals surface area contributed by atoms with Crippen molar-refractivity contribution < 1.29 is 19.1 Å². The summed E-state index contributed by atoms with van der Waals surface area (Å²) in [5.74, 6) is 0.201. The first kappa shape index (κ1) is 18.5. The van der Waals surface area contributed by atoms with E-state index in [9.17, 15) is 14.4 Å². The molecule has 2 N–H and O–H groups in total. The molecule has 1 aromatic carbocycles. The number of anilines is 2. The normalized spacial score (nSPS) is 19.4. The number of hydrogen-bond donors (Lipinski definition) is 2. The van der Waals surface area contributed by atoms with Gasteiger partial charge in [0, 0.05) is 24.7 Å². The Morgan fingerprint density at radius 1 is 1.25 bits per heavy atom. The third-order valence-corrected chi connectivity index (χ3v) is 5.92. The lowest BCUT2D eigenvalue weighted by Crippen LogP contribution is -2.41. The highest BCUT2D eigenvalue weighted by atomic mass is 32.1. The molecular weight excluding hydrogens is 378 g/mol. The highest BCUT2D eigenvalue weighted by Crippen LogP contribution is 2.32. The zero-order valence-corrected chi connectivity index (χ0v) is 16.3. The first-order valence-corrected chi connectivity index (χ1v) is 10.1. The van der Waals surface area contributed by atoms with E-state index in [0.717, 1.165) is 4.88 Å². The molecule has 28 heavy (non-hydrogen) atoms. The molecule has 2 aliphatic rings. The molecule has 1 unspecified atom stereocenters. The molecule has 8 heteroatoms. The van der Waals surface area contributed by atoms with Crippen molar-refractivity contribution in [2.24, 2.45) is 5.92 Å². The fourth-order valence-corrected chi connectivity index (χ4v) is 4.12. The van der Waals surface area contributed by atoms with Gasteiger partial charge < -0.3 is 20.3 Å². The summed E-state index contributed by atoms with van der Waals surface area (Å²) in [4.78, 5) is 39.3. The Hall–Kier alpha value is -2.87. The second-order valence-corrected chi connectivity index (χ2v) is 7.94.